The van der Waals surface area contributed by atoms with Gasteiger partial charge in [0.2, 0.25) is 0 Å². The molecule has 1 saturated heterocycles. The van der Waals surface area contributed by atoms with E-state index in [9.17, 15) is 9.59 Å². The van der Waals surface area contributed by atoms with Gasteiger partial charge in [0, 0.05) is 0 Å². The highest BCUT2D eigenvalue weighted by atomic mass is 16.6. The number of hydrogen-bond acceptors (Lipinski definition) is 3. The predicted octanol–water partition coefficient (Wildman–Crippen LogP) is -1.33. The second-order valence-corrected chi connectivity index (χ2v) is 1.39. The number of carbonyl (C=O) groups excluding carboxylic acids is 2. The fourth-order valence-corrected chi connectivity index (χ4v) is 0.430. The highest BCUT2D eigenvalue weighted by Crippen LogP contribution is 1.85. The molecule has 0 atom stereocenters. The Morgan fingerprint density at radius 3 is 2.00 bits per heavy atom. The average Bonchev–Trinajstić information content (AvgIpc) is 1.64. The zero-order valence-corrected chi connectivity index (χ0v) is 4.09. The maximum atomic E-state index is 10.1. The van der Waals surface area contributed by atoms with Crippen molar-refractivity contribution < 1.29 is 14.3 Å². The predicted molar refractivity (Wildman–Crippen MR) is 23.0 cm³/mol. The lowest BCUT2D eigenvalue weighted by Crippen LogP contribution is -2.34. The molecule has 0 unspecified atom stereocenters. The van der Waals surface area contributed by atoms with E-state index in [1.165, 1.54) is 0 Å². The Hall–Kier alpha value is -0.900. The fourth-order valence-electron chi connectivity index (χ4n) is 0.430. The summed E-state index contributed by atoms with van der Waals surface area (Å²) >= 11 is 0. The number of nitrogens with zero attached hydrogens (tertiary/aromatic N) is 1. The number of cyclic esters (lactones) is 2. The molecule has 0 aromatic rings. The minimum absolute atomic E-state index is 0.0196. The molecule has 0 bridgehead atoms. The van der Waals surface area contributed by atoms with E-state index in [4.69, 9.17) is 0 Å². The summed E-state index contributed by atoms with van der Waals surface area (Å²) in [6.07, 6.45) is 0. The van der Waals surface area contributed by atoms with Gasteiger partial charge in [0.15, 0.2) is 0 Å². The van der Waals surface area contributed by atoms with Crippen LogP contribution in [-0.4, -0.2) is 25.0 Å². The van der Waals surface area contributed by atoms with Crippen LogP contribution >= 0.6 is 0 Å². The molecule has 1 aliphatic rings. The van der Waals surface area contributed by atoms with Crippen molar-refractivity contribution in [3.63, 3.8) is 0 Å². The average molecular weight is 114 g/mol. The summed E-state index contributed by atoms with van der Waals surface area (Å²) in [5.41, 5.74) is 0. The fraction of sp³-hybridized carbons (Fsp3) is 0.500. The van der Waals surface area contributed by atoms with Gasteiger partial charge < -0.3 is 4.74 Å². The lowest BCUT2D eigenvalue weighted by atomic mass is 10.5. The quantitative estimate of drug-likeness (QED) is 0.289. The van der Waals surface area contributed by atoms with E-state index in [1.54, 1.807) is 0 Å². The van der Waals surface area contributed by atoms with Gasteiger partial charge in [0.25, 0.3) is 0 Å². The van der Waals surface area contributed by atoms with Crippen LogP contribution in [0.1, 0.15) is 0 Å². The summed E-state index contributed by atoms with van der Waals surface area (Å²) in [5.74, 6) is -1.11. The highest BCUT2D eigenvalue weighted by Gasteiger charge is 2.16. The third-order valence-electron chi connectivity index (χ3n) is 0.709. The smallest absolute Gasteiger partial charge is 0.329 e. The molecule has 4 heteroatoms. The van der Waals surface area contributed by atoms with Gasteiger partial charge in [-0.25, -0.2) is 5.32 Å². The number of carbonyl (C=O) groups is 2. The molecule has 4 nitrogen and oxygen atoms in total. The van der Waals surface area contributed by atoms with Gasteiger partial charge in [-0.15, -0.1) is 0 Å². The normalized spacial score (nSPS) is 20.5. The van der Waals surface area contributed by atoms with Crippen molar-refractivity contribution in [2.75, 3.05) is 13.1 Å². The summed E-state index contributed by atoms with van der Waals surface area (Å²) in [4.78, 5) is 20.3. The molecular weight excluding hydrogens is 110 g/mol. The third kappa shape index (κ3) is 1.04. The molecule has 1 fully saturated rings. The van der Waals surface area contributed by atoms with E-state index in [1.807, 2.05) is 0 Å². The van der Waals surface area contributed by atoms with Crippen LogP contribution < -0.4 is 5.32 Å². The Labute approximate surface area is 45.8 Å². The summed E-state index contributed by atoms with van der Waals surface area (Å²) < 4.78 is 4.11. The second kappa shape index (κ2) is 1.92. The lowest BCUT2D eigenvalue weighted by Gasteiger charge is -2.06. The molecule has 0 amide bonds. The molecule has 0 saturated carbocycles. The van der Waals surface area contributed by atoms with Crippen molar-refractivity contribution in [1.29, 1.82) is 0 Å². The van der Waals surface area contributed by atoms with Crippen molar-refractivity contribution >= 4 is 11.9 Å². The SMILES string of the molecule is O=C1C[N]CC(=O)O1. The number of rotatable bonds is 0. The monoisotopic (exact) mass is 114 g/mol. The number of morpholine rings is 1. The van der Waals surface area contributed by atoms with E-state index in [0.717, 1.165) is 0 Å². The van der Waals surface area contributed by atoms with Crippen LogP contribution in [0, 0.1) is 0 Å². The van der Waals surface area contributed by atoms with Crippen LogP contribution in [0.3, 0.4) is 0 Å². The Kier molecular flexibility index (Phi) is 1.26. The van der Waals surface area contributed by atoms with E-state index >= 15 is 0 Å². The van der Waals surface area contributed by atoms with Crippen LogP contribution in [0.2, 0.25) is 0 Å². The minimum atomic E-state index is -0.554. The van der Waals surface area contributed by atoms with Crippen LogP contribution in [0.25, 0.3) is 0 Å². The number of esters is 2. The molecule has 0 aromatic carbocycles. The van der Waals surface area contributed by atoms with E-state index < -0.39 is 11.9 Å². The number of ether oxygens (including phenoxy) is 1. The zero-order valence-electron chi connectivity index (χ0n) is 4.09. The first kappa shape index (κ1) is 5.24. The summed E-state index contributed by atoms with van der Waals surface area (Å²) in [6, 6.07) is 0. The zero-order chi connectivity index (χ0) is 5.98. The molecule has 1 heterocycles. The topological polar surface area (TPSA) is 57.5 Å². The summed E-state index contributed by atoms with van der Waals surface area (Å²) in [6.45, 7) is 0.0392. The molecule has 8 heavy (non-hydrogen) atoms. The first-order valence-corrected chi connectivity index (χ1v) is 2.16. The Morgan fingerprint density at radius 2 is 1.75 bits per heavy atom. The van der Waals surface area contributed by atoms with Crippen molar-refractivity contribution in [3.05, 3.63) is 0 Å². The standard InChI is InChI=1S/C4H4NO3/c6-3-1-5-2-4(7)8-3/h1-2H2. The molecule has 1 radical (unpaired) electrons. The Morgan fingerprint density at radius 1 is 1.25 bits per heavy atom. The lowest BCUT2D eigenvalue weighted by molar-refractivity contribution is -0.161. The van der Waals surface area contributed by atoms with E-state index in [-0.39, 0.29) is 13.1 Å². The maximum absolute atomic E-state index is 10.1. The van der Waals surface area contributed by atoms with Gasteiger partial charge >= 0.3 is 11.9 Å². The minimum Gasteiger partial charge on any atom is -0.391 e. The molecule has 43 valence electrons. The van der Waals surface area contributed by atoms with Crippen LogP contribution in [-0.2, 0) is 14.3 Å². The highest BCUT2D eigenvalue weighted by molar-refractivity contribution is 5.89. The second-order valence-electron chi connectivity index (χ2n) is 1.39. The third-order valence-corrected chi connectivity index (χ3v) is 0.709. The van der Waals surface area contributed by atoms with Gasteiger partial charge in [-0.1, -0.05) is 0 Å². The molecule has 1 rings (SSSR count). The van der Waals surface area contributed by atoms with Gasteiger partial charge in [0.1, 0.15) is 13.1 Å². The maximum Gasteiger partial charge on any atom is 0.329 e. The Bertz CT molecular complexity index is 117. The molecule has 0 spiro atoms. The van der Waals surface area contributed by atoms with Gasteiger partial charge in [-0.2, -0.15) is 0 Å². The van der Waals surface area contributed by atoms with E-state index in [2.05, 4.69) is 10.1 Å². The van der Waals surface area contributed by atoms with Gasteiger partial charge in [0.05, 0.1) is 0 Å². The molecule has 0 aromatic heterocycles. The van der Waals surface area contributed by atoms with E-state index in [0.29, 0.717) is 0 Å². The molecule has 1 aliphatic heterocycles. The van der Waals surface area contributed by atoms with Crippen LogP contribution in [0.15, 0.2) is 0 Å². The number of hydrogen-bond donors (Lipinski definition) is 0. The van der Waals surface area contributed by atoms with Crippen molar-refractivity contribution in [2.24, 2.45) is 0 Å². The first-order chi connectivity index (χ1) is 3.79. The molecular formula is C4H4NO3. The van der Waals surface area contributed by atoms with Gasteiger partial charge in [-0.3, -0.25) is 9.59 Å². The van der Waals surface area contributed by atoms with Crippen LogP contribution in [0.4, 0.5) is 0 Å². The molecule has 0 N–H and O–H groups in total. The van der Waals surface area contributed by atoms with Crippen molar-refractivity contribution in [2.45, 2.75) is 0 Å². The van der Waals surface area contributed by atoms with Gasteiger partial charge in [-0.05, 0) is 0 Å². The summed E-state index contributed by atoms with van der Waals surface area (Å²) in [5, 5.41) is 3.52. The first-order valence-electron chi connectivity index (χ1n) is 2.16. The summed E-state index contributed by atoms with van der Waals surface area (Å²) in [7, 11) is 0. The largest absolute Gasteiger partial charge is 0.391 e. The van der Waals surface area contributed by atoms with Crippen molar-refractivity contribution in [1.82, 2.24) is 5.32 Å². The molecule has 0 aliphatic carbocycles. The Balaban J connectivity index is 2.45. The van der Waals surface area contributed by atoms with Crippen molar-refractivity contribution in [3.8, 4) is 0 Å². The van der Waals surface area contributed by atoms with Crippen LogP contribution in [0.5, 0.6) is 0 Å².